The second kappa shape index (κ2) is 9.40. The molecule has 0 aliphatic heterocycles. The van der Waals surface area contributed by atoms with Gasteiger partial charge in [-0.05, 0) is 55.3 Å². The quantitative estimate of drug-likeness (QED) is 0.441. The molecule has 168 valence electrons. The molecule has 1 N–H and O–H groups in total. The number of benzene rings is 2. The Morgan fingerprint density at radius 3 is 2.32 bits per heavy atom. The van der Waals surface area contributed by atoms with E-state index >= 15 is 0 Å². The van der Waals surface area contributed by atoms with E-state index < -0.39 is 40.8 Å². The van der Waals surface area contributed by atoms with Crippen molar-refractivity contribution in [2.24, 2.45) is 0 Å². The molecule has 0 radical (unpaired) electrons. The van der Waals surface area contributed by atoms with Gasteiger partial charge in [-0.2, -0.15) is 26.3 Å². The SMILES string of the molecule is CCOc1cc(C(F)(F)F)ccc1/C=C/C(=O)NCc1cc(F)c(C)c(C(F)(F)F)c1. The smallest absolute Gasteiger partial charge is 0.416 e. The second-order valence-corrected chi connectivity index (χ2v) is 6.48. The van der Waals surface area contributed by atoms with Crippen molar-refractivity contribution in [3.05, 3.63) is 70.0 Å². The van der Waals surface area contributed by atoms with Crippen LogP contribution in [-0.4, -0.2) is 12.5 Å². The Kier molecular flexibility index (Phi) is 7.35. The number of hydrogen-bond donors (Lipinski definition) is 1. The molecule has 0 aliphatic rings. The molecule has 0 fully saturated rings. The van der Waals surface area contributed by atoms with Gasteiger partial charge in [-0.25, -0.2) is 4.39 Å². The minimum Gasteiger partial charge on any atom is -0.493 e. The number of carbonyl (C=O) groups is 1. The van der Waals surface area contributed by atoms with Crippen molar-refractivity contribution in [2.75, 3.05) is 6.61 Å². The third-order valence-corrected chi connectivity index (χ3v) is 4.23. The summed E-state index contributed by atoms with van der Waals surface area (Å²) in [7, 11) is 0. The van der Waals surface area contributed by atoms with E-state index in [9.17, 15) is 35.5 Å². The Labute approximate surface area is 173 Å². The average molecular weight is 449 g/mol. The van der Waals surface area contributed by atoms with E-state index in [0.29, 0.717) is 0 Å². The molecule has 0 aliphatic carbocycles. The Morgan fingerprint density at radius 1 is 1.06 bits per heavy atom. The highest BCUT2D eigenvalue weighted by Gasteiger charge is 2.34. The van der Waals surface area contributed by atoms with Crippen LogP contribution in [0.1, 0.15) is 34.7 Å². The summed E-state index contributed by atoms with van der Waals surface area (Å²) in [5, 5.41) is 2.30. The largest absolute Gasteiger partial charge is 0.493 e. The van der Waals surface area contributed by atoms with E-state index in [1.165, 1.54) is 6.08 Å². The van der Waals surface area contributed by atoms with Gasteiger partial charge in [0.15, 0.2) is 0 Å². The summed E-state index contributed by atoms with van der Waals surface area (Å²) in [4.78, 5) is 12.0. The Bertz CT molecular complexity index is 979. The first kappa shape index (κ1) is 24.2. The summed E-state index contributed by atoms with van der Waals surface area (Å²) in [6.45, 7) is 2.29. The number of rotatable bonds is 6. The van der Waals surface area contributed by atoms with E-state index in [2.05, 4.69) is 5.32 Å². The van der Waals surface area contributed by atoms with E-state index in [0.717, 1.165) is 43.3 Å². The lowest BCUT2D eigenvalue weighted by atomic mass is 10.0. The van der Waals surface area contributed by atoms with Crippen LogP contribution in [0.5, 0.6) is 5.75 Å². The topological polar surface area (TPSA) is 38.3 Å². The van der Waals surface area contributed by atoms with Gasteiger partial charge in [0.05, 0.1) is 17.7 Å². The van der Waals surface area contributed by atoms with Gasteiger partial charge in [-0.3, -0.25) is 4.79 Å². The first-order valence-electron chi connectivity index (χ1n) is 8.99. The molecule has 0 saturated heterocycles. The van der Waals surface area contributed by atoms with Gasteiger partial charge in [0.1, 0.15) is 11.6 Å². The lowest BCUT2D eigenvalue weighted by Crippen LogP contribution is -2.21. The standard InChI is InChI=1S/C21H18F7NO2/c1-3-31-18-10-15(20(23,24)25)6-4-14(18)5-7-19(30)29-11-13-8-16(21(26,27)28)12(2)17(22)9-13/h4-10H,3,11H2,1-2H3,(H,29,30)/b7-5+. The molecule has 0 aromatic heterocycles. The molecule has 2 rings (SSSR count). The minimum atomic E-state index is -4.75. The third kappa shape index (κ3) is 6.47. The molecule has 2 aromatic rings. The molecule has 0 saturated carbocycles. The molecule has 1 amide bonds. The molecule has 3 nitrogen and oxygen atoms in total. The van der Waals surface area contributed by atoms with Crippen LogP contribution in [0.4, 0.5) is 30.7 Å². The van der Waals surface area contributed by atoms with Crippen molar-refractivity contribution >= 4 is 12.0 Å². The zero-order valence-electron chi connectivity index (χ0n) is 16.4. The molecule has 10 heteroatoms. The lowest BCUT2D eigenvalue weighted by Gasteiger charge is -2.13. The minimum absolute atomic E-state index is 0.0863. The lowest BCUT2D eigenvalue weighted by molar-refractivity contribution is -0.138. The summed E-state index contributed by atoms with van der Waals surface area (Å²) in [5.41, 5.74) is -2.50. The van der Waals surface area contributed by atoms with Crippen LogP contribution < -0.4 is 10.1 Å². The van der Waals surface area contributed by atoms with Crippen molar-refractivity contribution in [2.45, 2.75) is 32.7 Å². The molecule has 0 bridgehead atoms. The van der Waals surface area contributed by atoms with Crippen LogP contribution in [-0.2, 0) is 23.7 Å². The Morgan fingerprint density at radius 2 is 1.74 bits per heavy atom. The second-order valence-electron chi connectivity index (χ2n) is 6.48. The average Bonchev–Trinajstić information content (AvgIpc) is 2.66. The molecule has 0 heterocycles. The maximum atomic E-state index is 13.8. The van der Waals surface area contributed by atoms with Crippen LogP contribution >= 0.6 is 0 Å². The zero-order valence-corrected chi connectivity index (χ0v) is 16.4. The van der Waals surface area contributed by atoms with E-state index in [1.54, 1.807) is 6.92 Å². The van der Waals surface area contributed by atoms with E-state index in [4.69, 9.17) is 4.74 Å². The number of amides is 1. The summed E-state index contributed by atoms with van der Waals surface area (Å²) in [6, 6.07) is 4.38. The van der Waals surface area contributed by atoms with Gasteiger partial charge >= 0.3 is 12.4 Å². The molecule has 0 unspecified atom stereocenters. The zero-order chi connectivity index (χ0) is 23.4. The normalized spacial score (nSPS) is 12.3. The van der Waals surface area contributed by atoms with Crippen LogP contribution in [0, 0.1) is 12.7 Å². The number of ether oxygens (including phenoxy) is 1. The highest BCUT2D eigenvalue weighted by Crippen LogP contribution is 2.34. The Hall–Kier alpha value is -3.04. The van der Waals surface area contributed by atoms with Crippen molar-refractivity contribution in [3.8, 4) is 5.75 Å². The van der Waals surface area contributed by atoms with Gasteiger partial charge in [-0.15, -0.1) is 0 Å². The number of nitrogens with one attached hydrogen (secondary N) is 1. The molecule has 0 spiro atoms. The maximum absolute atomic E-state index is 13.8. The highest BCUT2D eigenvalue weighted by molar-refractivity contribution is 5.92. The molecule has 0 atom stereocenters. The first-order chi connectivity index (χ1) is 14.3. The fourth-order valence-corrected chi connectivity index (χ4v) is 2.67. The molecule has 2 aromatic carbocycles. The third-order valence-electron chi connectivity index (χ3n) is 4.23. The predicted octanol–water partition coefficient (Wildman–Crippen LogP) is 5.90. The van der Waals surface area contributed by atoms with Crippen molar-refractivity contribution < 1.29 is 40.3 Å². The fourth-order valence-electron chi connectivity index (χ4n) is 2.67. The number of carbonyl (C=O) groups excluding carboxylic acids is 1. The van der Waals surface area contributed by atoms with E-state index in [-0.39, 0.29) is 30.0 Å². The van der Waals surface area contributed by atoms with Crippen LogP contribution in [0.15, 0.2) is 36.4 Å². The summed E-state index contributed by atoms with van der Waals surface area (Å²) in [6.07, 6.45) is -7.12. The molecular formula is C21H18F7NO2. The van der Waals surface area contributed by atoms with Crippen LogP contribution in [0.25, 0.3) is 6.08 Å². The molecule has 31 heavy (non-hydrogen) atoms. The number of alkyl halides is 6. The number of hydrogen-bond acceptors (Lipinski definition) is 2. The summed E-state index contributed by atoms with van der Waals surface area (Å²) < 4.78 is 96.4. The van der Waals surface area contributed by atoms with Gasteiger partial charge in [0, 0.05) is 18.2 Å². The first-order valence-corrected chi connectivity index (χ1v) is 8.99. The molecular weight excluding hydrogens is 431 g/mol. The monoisotopic (exact) mass is 449 g/mol. The predicted molar refractivity (Wildman–Crippen MR) is 99.6 cm³/mol. The summed E-state index contributed by atoms with van der Waals surface area (Å²) in [5.74, 6) is -1.88. The van der Waals surface area contributed by atoms with Crippen LogP contribution in [0.2, 0.25) is 0 Å². The van der Waals surface area contributed by atoms with Gasteiger partial charge in [-0.1, -0.05) is 6.07 Å². The van der Waals surface area contributed by atoms with Crippen molar-refractivity contribution in [3.63, 3.8) is 0 Å². The van der Waals surface area contributed by atoms with Crippen LogP contribution in [0.3, 0.4) is 0 Å². The summed E-state index contributed by atoms with van der Waals surface area (Å²) >= 11 is 0. The number of halogens is 7. The van der Waals surface area contributed by atoms with Crippen molar-refractivity contribution in [1.82, 2.24) is 5.32 Å². The van der Waals surface area contributed by atoms with Gasteiger partial charge in [0.25, 0.3) is 0 Å². The van der Waals surface area contributed by atoms with Gasteiger partial charge in [0.2, 0.25) is 5.91 Å². The highest BCUT2D eigenvalue weighted by atomic mass is 19.4. The van der Waals surface area contributed by atoms with Gasteiger partial charge < -0.3 is 10.1 Å². The van der Waals surface area contributed by atoms with E-state index in [1.807, 2.05) is 0 Å². The Balaban J connectivity index is 2.14. The maximum Gasteiger partial charge on any atom is 0.416 e. The van der Waals surface area contributed by atoms with Crippen molar-refractivity contribution in [1.29, 1.82) is 0 Å². The fraction of sp³-hybridized carbons (Fsp3) is 0.286.